The van der Waals surface area contributed by atoms with E-state index in [0.29, 0.717) is 12.0 Å². The van der Waals surface area contributed by atoms with Crippen molar-refractivity contribution in [2.24, 2.45) is 11.8 Å². The minimum Gasteiger partial charge on any atom is -0.310 e. The fourth-order valence-corrected chi connectivity index (χ4v) is 3.00. The van der Waals surface area contributed by atoms with Gasteiger partial charge in [0.05, 0.1) is 10.7 Å². The molecule has 0 unspecified atom stereocenters. The number of hydrogen-bond donors (Lipinski definition) is 1. The van der Waals surface area contributed by atoms with E-state index in [1.807, 2.05) is 11.3 Å². The van der Waals surface area contributed by atoms with Crippen molar-refractivity contribution < 1.29 is 0 Å². The summed E-state index contributed by atoms with van der Waals surface area (Å²) in [4.78, 5) is 6.32. The molecule has 1 N–H and O–H groups in total. The van der Waals surface area contributed by atoms with E-state index in [-0.39, 0.29) is 0 Å². The molecule has 0 spiro atoms. The van der Waals surface area contributed by atoms with Gasteiger partial charge < -0.3 is 5.32 Å². The van der Waals surface area contributed by atoms with Crippen LogP contribution in [0.25, 0.3) is 0 Å². The molecule has 1 aromatic heterocycles. The highest BCUT2D eigenvalue weighted by molar-refractivity contribution is 7.11. The van der Waals surface area contributed by atoms with Gasteiger partial charge in [0.1, 0.15) is 0 Å². The van der Waals surface area contributed by atoms with Gasteiger partial charge in [-0.05, 0) is 31.1 Å². The van der Waals surface area contributed by atoms with Crippen molar-refractivity contribution in [3.8, 4) is 0 Å². The molecule has 0 aromatic carbocycles. The fourth-order valence-electron chi connectivity index (χ4n) is 1.94. The summed E-state index contributed by atoms with van der Waals surface area (Å²) >= 11 is 1.91. The molecule has 0 aliphatic rings. The minimum absolute atomic E-state index is 0.535. The maximum Gasteiger partial charge on any atom is 0.0931 e. The predicted octanol–water partition coefficient (Wildman–Crippen LogP) is 4.43. The van der Waals surface area contributed by atoms with E-state index >= 15 is 0 Å². The molecule has 0 saturated carbocycles. The Hall–Kier alpha value is -0.410. The average molecular weight is 282 g/mol. The minimum atomic E-state index is 0.535. The Labute approximate surface area is 123 Å². The first-order valence-electron chi connectivity index (χ1n) is 7.59. The normalized spacial score (nSPS) is 12.1. The lowest BCUT2D eigenvalue weighted by Crippen LogP contribution is -2.22. The van der Waals surface area contributed by atoms with Crippen molar-refractivity contribution in [3.05, 3.63) is 15.6 Å². The molecule has 110 valence electrons. The van der Waals surface area contributed by atoms with Crippen LogP contribution in [0.3, 0.4) is 0 Å². The quantitative estimate of drug-likeness (QED) is 0.763. The Morgan fingerprint density at radius 2 is 1.74 bits per heavy atom. The topological polar surface area (TPSA) is 24.9 Å². The van der Waals surface area contributed by atoms with Crippen LogP contribution >= 0.6 is 11.3 Å². The van der Waals surface area contributed by atoms with Crippen LogP contribution in [0.4, 0.5) is 0 Å². The van der Waals surface area contributed by atoms with Crippen molar-refractivity contribution in [3.63, 3.8) is 0 Å². The molecule has 0 saturated heterocycles. The van der Waals surface area contributed by atoms with Gasteiger partial charge in [-0.2, -0.15) is 0 Å². The average Bonchev–Trinajstić information content (AvgIpc) is 2.65. The monoisotopic (exact) mass is 282 g/mol. The van der Waals surface area contributed by atoms with E-state index in [1.165, 1.54) is 22.0 Å². The first-order chi connectivity index (χ1) is 8.88. The van der Waals surface area contributed by atoms with Crippen molar-refractivity contribution in [2.45, 2.75) is 73.4 Å². The Kier molecular flexibility index (Phi) is 7.01. The highest BCUT2D eigenvalue weighted by Crippen LogP contribution is 2.23. The molecule has 1 rings (SSSR count). The third-order valence-electron chi connectivity index (χ3n) is 3.03. The molecule has 1 heterocycles. The van der Waals surface area contributed by atoms with Gasteiger partial charge in [-0.1, -0.05) is 41.5 Å². The summed E-state index contributed by atoms with van der Waals surface area (Å²) in [5.74, 6) is 1.44. The Morgan fingerprint density at radius 1 is 1.05 bits per heavy atom. The standard InChI is InChI=1S/C16H30N2S/c1-11(2)7-8-16-18-14(9-12(3)4)15(19-16)10-17-13(5)6/h11-13,17H,7-10H2,1-6H3. The lowest BCUT2D eigenvalue weighted by molar-refractivity contribution is 0.577. The number of nitrogens with zero attached hydrogens (tertiary/aromatic N) is 1. The lowest BCUT2D eigenvalue weighted by atomic mass is 10.1. The summed E-state index contributed by atoms with van der Waals surface area (Å²) in [6.45, 7) is 14.5. The Balaban J connectivity index is 2.73. The van der Waals surface area contributed by atoms with Gasteiger partial charge >= 0.3 is 0 Å². The Bertz CT molecular complexity index is 367. The van der Waals surface area contributed by atoms with E-state index in [2.05, 4.69) is 46.9 Å². The van der Waals surface area contributed by atoms with Crippen LogP contribution in [0.15, 0.2) is 0 Å². The van der Waals surface area contributed by atoms with Crippen molar-refractivity contribution in [1.82, 2.24) is 10.3 Å². The number of nitrogens with one attached hydrogen (secondary N) is 1. The molecule has 19 heavy (non-hydrogen) atoms. The van der Waals surface area contributed by atoms with E-state index in [4.69, 9.17) is 4.98 Å². The Morgan fingerprint density at radius 3 is 2.26 bits per heavy atom. The van der Waals surface area contributed by atoms with E-state index in [1.54, 1.807) is 0 Å². The third-order valence-corrected chi connectivity index (χ3v) is 4.19. The molecular weight excluding hydrogens is 252 g/mol. The zero-order valence-electron chi connectivity index (χ0n) is 13.4. The number of aryl methyl sites for hydroxylation is 1. The van der Waals surface area contributed by atoms with Crippen LogP contribution in [0.5, 0.6) is 0 Å². The summed E-state index contributed by atoms with van der Waals surface area (Å²) in [7, 11) is 0. The summed E-state index contributed by atoms with van der Waals surface area (Å²) in [5, 5.41) is 4.85. The zero-order chi connectivity index (χ0) is 14.4. The summed E-state index contributed by atoms with van der Waals surface area (Å²) < 4.78 is 0. The van der Waals surface area contributed by atoms with Gasteiger partial charge in [0, 0.05) is 17.5 Å². The molecule has 0 radical (unpaired) electrons. The predicted molar refractivity (Wildman–Crippen MR) is 85.8 cm³/mol. The van der Waals surface area contributed by atoms with Gasteiger partial charge in [-0.25, -0.2) is 4.98 Å². The molecule has 0 atom stereocenters. The molecule has 2 nitrogen and oxygen atoms in total. The van der Waals surface area contributed by atoms with Crippen LogP contribution in [0.1, 0.15) is 63.5 Å². The largest absolute Gasteiger partial charge is 0.310 e. The van der Waals surface area contributed by atoms with Crippen LogP contribution in [0, 0.1) is 11.8 Å². The van der Waals surface area contributed by atoms with E-state index < -0.39 is 0 Å². The van der Waals surface area contributed by atoms with Gasteiger partial charge in [-0.3, -0.25) is 0 Å². The molecule has 3 heteroatoms. The molecule has 0 aliphatic carbocycles. The molecule has 0 bridgehead atoms. The highest BCUT2D eigenvalue weighted by Gasteiger charge is 2.13. The van der Waals surface area contributed by atoms with Crippen LogP contribution in [-0.2, 0) is 19.4 Å². The van der Waals surface area contributed by atoms with Crippen molar-refractivity contribution in [1.29, 1.82) is 0 Å². The lowest BCUT2D eigenvalue weighted by Gasteiger charge is -2.08. The van der Waals surface area contributed by atoms with Gasteiger partial charge in [0.25, 0.3) is 0 Å². The SMILES string of the molecule is CC(C)CCc1nc(CC(C)C)c(CNC(C)C)s1. The van der Waals surface area contributed by atoms with Crippen molar-refractivity contribution in [2.75, 3.05) is 0 Å². The van der Waals surface area contributed by atoms with Gasteiger partial charge in [0.15, 0.2) is 0 Å². The molecule has 0 aliphatic heterocycles. The zero-order valence-corrected chi connectivity index (χ0v) is 14.2. The van der Waals surface area contributed by atoms with Crippen LogP contribution < -0.4 is 5.32 Å². The maximum absolute atomic E-state index is 4.88. The number of hydrogen-bond acceptors (Lipinski definition) is 3. The number of rotatable bonds is 8. The maximum atomic E-state index is 4.88. The highest BCUT2D eigenvalue weighted by atomic mass is 32.1. The van der Waals surface area contributed by atoms with Crippen LogP contribution in [0.2, 0.25) is 0 Å². The molecule has 0 fully saturated rings. The van der Waals surface area contributed by atoms with Gasteiger partial charge in [-0.15, -0.1) is 11.3 Å². The first kappa shape index (κ1) is 16.6. The summed E-state index contributed by atoms with van der Waals surface area (Å²) in [6.07, 6.45) is 3.48. The molecule has 0 amide bonds. The second-order valence-electron chi connectivity index (χ2n) is 6.54. The van der Waals surface area contributed by atoms with E-state index in [0.717, 1.165) is 25.3 Å². The summed E-state index contributed by atoms with van der Waals surface area (Å²) in [5.41, 5.74) is 1.33. The number of aromatic nitrogens is 1. The molecular formula is C16H30N2S. The third kappa shape index (κ3) is 6.53. The second-order valence-corrected chi connectivity index (χ2v) is 7.71. The van der Waals surface area contributed by atoms with Crippen molar-refractivity contribution >= 4 is 11.3 Å². The first-order valence-corrected chi connectivity index (χ1v) is 8.41. The fraction of sp³-hybridized carbons (Fsp3) is 0.812. The van der Waals surface area contributed by atoms with Gasteiger partial charge in [0.2, 0.25) is 0 Å². The van der Waals surface area contributed by atoms with Crippen LogP contribution in [-0.4, -0.2) is 11.0 Å². The number of thiazole rings is 1. The second kappa shape index (κ2) is 8.01. The van der Waals surface area contributed by atoms with E-state index in [9.17, 15) is 0 Å². The molecule has 1 aromatic rings. The summed E-state index contributed by atoms with van der Waals surface area (Å²) in [6, 6.07) is 0.535. The smallest absolute Gasteiger partial charge is 0.0931 e.